The summed E-state index contributed by atoms with van der Waals surface area (Å²) in [5.74, 6) is 0. The molecule has 0 unspecified atom stereocenters. The van der Waals surface area contributed by atoms with Crippen LogP contribution in [0, 0.1) is 0 Å². The molecule has 3 heterocycles. The highest BCUT2D eigenvalue weighted by Gasteiger charge is 2.39. The van der Waals surface area contributed by atoms with Crippen LogP contribution >= 0.6 is 11.3 Å². The van der Waals surface area contributed by atoms with Crippen molar-refractivity contribution in [3.05, 3.63) is 22.4 Å². The summed E-state index contributed by atoms with van der Waals surface area (Å²) < 4.78 is 29.3. The SMILES string of the molecule is O=S(=O)(N1CCCCCC1)N1CCC[C@@H]1c1cccs1. The second-order valence-corrected chi connectivity index (χ2v) is 8.47. The Bertz CT molecular complexity index is 519. The van der Waals surface area contributed by atoms with Gasteiger partial charge in [0, 0.05) is 24.5 Å². The van der Waals surface area contributed by atoms with Crippen molar-refractivity contribution < 1.29 is 8.42 Å². The third kappa shape index (κ3) is 2.79. The molecule has 2 aliphatic rings. The van der Waals surface area contributed by atoms with Gasteiger partial charge in [-0.3, -0.25) is 0 Å². The molecule has 2 aliphatic heterocycles. The molecule has 1 atom stereocenters. The lowest BCUT2D eigenvalue weighted by Crippen LogP contribution is -2.43. The van der Waals surface area contributed by atoms with Crippen molar-refractivity contribution in [1.29, 1.82) is 0 Å². The maximum atomic E-state index is 12.9. The summed E-state index contributed by atoms with van der Waals surface area (Å²) in [4.78, 5) is 1.18. The van der Waals surface area contributed by atoms with Crippen LogP contribution in [0.3, 0.4) is 0 Å². The average molecular weight is 314 g/mol. The van der Waals surface area contributed by atoms with Gasteiger partial charge >= 0.3 is 0 Å². The highest BCUT2D eigenvalue weighted by atomic mass is 32.2. The van der Waals surface area contributed by atoms with Crippen molar-refractivity contribution >= 4 is 21.5 Å². The second kappa shape index (κ2) is 6.13. The van der Waals surface area contributed by atoms with E-state index in [0.29, 0.717) is 19.6 Å². The van der Waals surface area contributed by atoms with Crippen LogP contribution in [-0.4, -0.2) is 36.7 Å². The Balaban J connectivity index is 1.82. The monoisotopic (exact) mass is 314 g/mol. The standard InChI is InChI=1S/C14H22N2O2S2/c17-20(18,15-9-3-1-2-4-10-15)16-11-5-7-13(16)14-8-6-12-19-14/h6,8,12-13H,1-5,7,9-11H2/t13-/m1/s1. The topological polar surface area (TPSA) is 40.6 Å². The minimum atomic E-state index is -3.29. The number of thiophene rings is 1. The first-order valence-electron chi connectivity index (χ1n) is 7.50. The summed E-state index contributed by atoms with van der Waals surface area (Å²) in [6.07, 6.45) is 6.22. The van der Waals surface area contributed by atoms with E-state index in [1.807, 2.05) is 11.4 Å². The molecule has 3 rings (SSSR count). The molecule has 0 spiro atoms. The summed E-state index contributed by atoms with van der Waals surface area (Å²) in [6, 6.07) is 4.13. The number of hydrogen-bond acceptors (Lipinski definition) is 3. The van der Waals surface area contributed by atoms with Crippen LogP contribution in [-0.2, 0) is 10.2 Å². The Morgan fingerprint density at radius 1 is 1.05 bits per heavy atom. The third-order valence-electron chi connectivity index (χ3n) is 4.26. The molecule has 6 heteroatoms. The van der Waals surface area contributed by atoms with Crippen LogP contribution in [0.5, 0.6) is 0 Å². The van der Waals surface area contributed by atoms with Gasteiger partial charge in [-0.2, -0.15) is 17.0 Å². The van der Waals surface area contributed by atoms with E-state index in [1.165, 1.54) is 4.88 Å². The van der Waals surface area contributed by atoms with E-state index in [0.717, 1.165) is 38.5 Å². The first-order chi connectivity index (χ1) is 9.69. The Morgan fingerprint density at radius 3 is 2.45 bits per heavy atom. The molecule has 20 heavy (non-hydrogen) atoms. The summed E-state index contributed by atoms with van der Waals surface area (Å²) in [6.45, 7) is 2.05. The average Bonchev–Trinajstić information content (AvgIpc) is 3.04. The molecule has 1 aromatic heterocycles. The van der Waals surface area contributed by atoms with Gasteiger partial charge in [0.15, 0.2) is 0 Å². The summed E-state index contributed by atoms with van der Waals surface area (Å²) in [5.41, 5.74) is 0. The summed E-state index contributed by atoms with van der Waals surface area (Å²) >= 11 is 1.67. The van der Waals surface area contributed by atoms with Gasteiger partial charge in [0.1, 0.15) is 0 Å². The Hall–Kier alpha value is -0.430. The fraction of sp³-hybridized carbons (Fsp3) is 0.714. The van der Waals surface area contributed by atoms with Crippen LogP contribution in [0.2, 0.25) is 0 Å². The number of nitrogens with zero attached hydrogens (tertiary/aromatic N) is 2. The van der Waals surface area contributed by atoms with Crippen LogP contribution in [0.25, 0.3) is 0 Å². The van der Waals surface area contributed by atoms with E-state index in [1.54, 1.807) is 19.9 Å². The highest BCUT2D eigenvalue weighted by molar-refractivity contribution is 7.86. The Kier molecular flexibility index (Phi) is 4.45. The van der Waals surface area contributed by atoms with E-state index in [4.69, 9.17) is 0 Å². The predicted octanol–water partition coefficient (Wildman–Crippen LogP) is 3.01. The first-order valence-corrected chi connectivity index (χ1v) is 9.77. The molecule has 0 bridgehead atoms. The minimum absolute atomic E-state index is 0.0586. The van der Waals surface area contributed by atoms with Gasteiger partial charge in [0.25, 0.3) is 10.2 Å². The first kappa shape index (κ1) is 14.5. The summed E-state index contributed by atoms with van der Waals surface area (Å²) in [7, 11) is -3.29. The van der Waals surface area contributed by atoms with E-state index in [-0.39, 0.29) is 6.04 Å². The second-order valence-electron chi connectivity index (χ2n) is 5.61. The van der Waals surface area contributed by atoms with Crippen LogP contribution in [0.4, 0.5) is 0 Å². The molecule has 0 amide bonds. The molecule has 1 aromatic rings. The van der Waals surface area contributed by atoms with Gasteiger partial charge < -0.3 is 0 Å². The minimum Gasteiger partial charge on any atom is -0.195 e. The zero-order chi connectivity index (χ0) is 14.0. The van der Waals surface area contributed by atoms with Crippen molar-refractivity contribution in [3.8, 4) is 0 Å². The molecule has 0 saturated carbocycles. The zero-order valence-electron chi connectivity index (χ0n) is 11.7. The van der Waals surface area contributed by atoms with Crippen LogP contribution < -0.4 is 0 Å². The quantitative estimate of drug-likeness (QED) is 0.860. The van der Waals surface area contributed by atoms with E-state index in [2.05, 4.69) is 6.07 Å². The third-order valence-corrected chi connectivity index (χ3v) is 7.28. The van der Waals surface area contributed by atoms with Gasteiger partial charge in [-0.05, 0) is 37.1 Å². The maximum Gasteiger partial charge on any atom is 0.282 e. The molecule has 0 aliphatic carbocycles. The molecular formula is C14H22N2O2S2. The molecule has 2 fully saturated rings. The normalized spacial score (nSPS) is 26.7. The molecule has 4 nitrogen and oxygen atoms in total. The Labute approximate surface area is 125 Å². The van der Waals surface area contributed by atoms with Crippen molar-refractivity contribution in [2.45, 2.75) is 44.6 Å². The van der Waals surface area contributed by atoms with Gasteiger partial charge in [-0.25, -0.2) is 0 Å². The molecular weight excluding hydrogens is 292 g/mol. The van der Waals surface area contributed by atoms with Crippen molar-refractivity contribution in [2.75, 3.05) is 19.6 Å². The van der Waals surface area contributed by atoms with Crippen molar-refractivity contribution in [1.82, 2.24) is 8.61 Å². The van der Waals surface area contributed by atoms with Crippen molar-refractivity contribution in [2.24, 2.45) is 0 Å². The number of rotatable bonds is 3. The van der Waals surface area contributed by atoms with Crippen molar-refractivity contribution in [3.63, 3.8) is 0 Å². The molecule has 2 saturated heterocycles. The molecule has 0 aromatic carbocycles. The lowest BCUT2D eigenvalue weighted by atomic mass is 10.2. The fourth-order valence-corrected chi connectivity index (χ4v) is 6.06. The largest absolute Gasteiger partial charge is 0.282 e. The highest BCUT2D eigenvalue weighted by Crippen LogP contribution is 2.37. The lowest BCUT2D eigenvalue weighted by molar-refractivity contribution is 0.333. The molecule has 0 N–H and O–H groups in total. The molecule has 0 radical (unpaired) electrons. The van der Waals surface area contributed by atoms with E-state index < -0.39 is 10.2 Å². The smallest absolute Gasteiger partial charge is 0.195 e. The Morgan fingerprint density at radius 2 is 1.80 bits per heavy atom. The number of hydrogen-bond donors (Lipinski definition) is 0. The fourth-order valence-electron chi connectivity index (χ4n) is 3.20. The summed E-state index contributed by atoms with van der Waals surface area (Å²) in [5, 5.41) is 2.03. The van der Waals surface area contributed by atoms with Gasteiger partial charge in [0.2, 0.25) is 0 Å². The van der Waals surface area contributed by atoms with Gasteiger partial charge in [-0.15, -0.1) is 11.3 Å². The van der Waals surface area contributed by atoms with Gasteiger partial charge in [0.05, 0.1) is 6.04 Å². The lowest BCUT2D eigenvalue weighted by Gasteiger charge is -2.29. The maximum absolute atomic E-state index is 12.9. The predicted molar refractivity (Wildman–Crippen MR) is 82.0 cm³/mol. The molecule has 112 valence electrons. The van der Waals surface area contributed by atoms with Crippen LogP contribution in [0.1, 0.15) is 49.4 Å². The van der Waals surface area contributed by atoms with Crippen LogP contribution in [0.15, 0.2) is 17.5 Å². The van der Waals surface area contributed by atoms with Gasteiger partial charge in [-0.1, -0.05) is 18.9 Å². The van der Waals surface area contributed by atoms with E-state index >= 15 is 0 Å². The van der Waals surface area contributed by atoms with E-state index in [9.17, 15) is 8.42 Å². The zero-order valence-corrected chi connectivity index (χ0v) is 13.3.